The minimum absolute atomic E-state index is 0.321. The van der Waals surface area contributed by atoms with Gasteiger partial charge in [0.05, 0.1) is 40.2 Å². The predicted octanol–water partition coefficient (Wildman–Crippen LogP) is 4.44. The van der Waals surface area contributed by atoms with E-state index in [9.17, 15) is 4.79 Å². The standard InChI is InChI=1S/C26H26ClN9O2/c1-16-10-22(27)23(12-20(16)25-31-33-36(32-25)19-4-5-19)30-26(37)21-14-29-35-8-6-17(11-24(21)35)18-13-28-34(15-18)7-3-9-38-2/h6,8,10-15,19H,3-5,7,9H2,1-2H3,(H,30,37). The van der Waals surface area contributed by atoms with Crippen LogP contribution in [0.4, 0.5) is 5.69 Å². The van der Waals surface area contributed by atoms with Crippen LogP contribution >= 0.6 is 11.6 Å². The summed E-state index contributed by atoms with van der Waals surface area (Å²) in [6.07, 6.45) is 10.2. The van der Waals surface area contributed by atoms with Crippen molar-refractivity contribution in [1.82, 2.24) is 39.6 Å². The molecule has 5 aromatic rings. The number of carbonyl (C=O) groups excluding carboxylic acids is 1. The number of fused-ring (bicyclic) bond motifs is 1. The van der Waals surface area contributed by atoms with Crippen molar-refractivity contribution in [3.8, 4) is 22.5 Å². The van der Waals surface area contributed by atoms with E-state index in [1.165, 1.54) is 0 Å². The van der Waals surface area contributed by atoms with Gasteiger partial charge >= 0.3 is 0 Å². The Kier molecular flexibility index (Phi) is 6.38. The fourth-order valence-electron chi connectivity index (χ4n) is 4.33. The fourth-order valence-corrected chi connectivity index (χ4v) is 4.60. The summed E-state index contributed by atoms with van der Waals surface area (Å²) in [4.78, 5) is 15.0. The summed E-state index contributed by atoms with van der Waals surface area (Å²) in [6.45, 7) is 3.37. The molecule has 1 aliphatic rings. The Labute approximate surface area is 223 Å². The number of hydrogen-bond donors (Lipinski definition) is 1. The van der Waals surface area contributed by atoms with E-state index in [0.717, 1.165) is 48.1 Å². The predicted molar refractivity (Wildman–Crippen MR) is 142 cm³/mol. The summed E-state index contributed by atoms with van der Waals surface area (Å²) in [5.41, 5.74) is 5.11. The third kappa shape index (κ3) is 4.77. The number of methoxy groups -OCH3 is 1. The lowest BCUT2D eigenvalue weighted by Crippen LogP contribution is -2.12. The van der Waals surface area contributed by atoms with Crippen LogP contribution in [-0.4, -0.2) is 59.2 Å². The summed E-state index contributed by atoms with van der Waals surface area (Å²) in [5.74, 6) is 0.184. The Bertz CT molecular complexity index is 1630. The van der Waals surface area contributed by atoms with Crippen LogP contribution in [0.25, 0.3) is 28.0 Å². The molecule has 6 rings (SSSR count). The molecule has 1 aromatic carbocycles. The van der Waals surface area contributed by atoms with E-state index >= 15 is 0 Å². The van der Waals surface area contributed by atoms with Crippen molar-refractivity contribution in [2.75, 3.05) is 19.0 Å². The van der Waals surface area contributed by atoms with Crippen LogP contribution in [0, 0.1) is 6.92 Å². The minimum atomic E-state index is -0.321. The summed E-state index contributed by atoms with van der Waals surface area (Å²) in [7, 11) is 1.69. The number of nitrogens with zero attached hydrogens (tertiary/aromatic N) is 8. The van der Waals surface area contributed by atoms with Gasteiger partial charge in [-0.2, -0.15) is 15.0 Å². The SMILES string of the molecule is COCCCn1cc(-c2ccn3ncc(C(=O)Nc4cc(-c5nnn(C6CC6)n5)c(C)cc4Cl)c3c2)cn1. The zero-order valence-electron chi connectivity index (χ0n) is 21.0. The summed E-state index contributed by atoms with van der Waals surface area (Å²) in [6, 6.07) is 7.79. The molecule has 1 N–H and O–H groups in total. The first-order valence-electron chi connectivity index (χ1n) is 12.4. The van der Waals surface area contributed by atoms with Gasteiger partial charge in [-0.15, -0.1) is 10.2 Å². The summed E-state index contributed by atoms with van der Waals surface area (Å²) < 4.78 is 8.68. The lowest BCUT2D eigenvalue weighted by molar-refractivity contribution is 0.102. The maximum Gasteiger partial charge on any atom is 0.259 e. The van der Waals surface area contributed by atoms with Crippen LogP contribution in [0.1, 0.15) is 41.2 Å². The maximum absolute atomic E-state index is 13.4. The van der Waals surface area contributed by atoms with Crippen molar-refractivity contribution in [3.63, 3.8) is 0 Å². The molecule has 38 heavy (non-hydrogen) atoms. The van der Waals surface area contributed by atoms with Gasteiger partial charge < -0.3 is 10.1 Å². The number of anilines is 1. The smallest absolute Gasteiger partial charge is 0.259 e. The lowest BCUT2D eigenvalue weighted by atomic mass is 10.1. The van der Waals surface area contributed by atoms with Crippen LogP contribution in [0.15, 0.2) is 49.1 Å². The first-order chi connectivity index (χ1) is 18.5. The van der Waals surface area contributed by atoms with Crippen molar-refractivity contribution >= 4 is 28.7 Å². The highest BCUT2D eigenvalue weighted by Crippen LogP contribution is 2.35. The zero-order chi connectivity index (χ0) is 26.2. The number of tetrazole rings is 1. The number of halogens is 1. The molecule has 4 aromatic heterocycles. The topological polar surface area (TPSA) is 117 Å². The van der Waals surface area contributed by atoms with Crippen molar-refractivity contribution in [1.29, 1.82) is 0 Å². The van der Waals surface area contributed by atoms with Crippen molar-refractivity contribution in [2.24, 2.45) is 0 Å². The second-order valence-corrected chi connectivity index (χ2v) is 9.81. The molecule has 0 aliphatic heterocycles. The average Bonchev–Trinajstić information content (AvgIpc) is 3.29. The third-order valence-corrected chi connectivity index (χ3v) is 6.89. The molecule has 1 aliphatic carbocycles. The Morgan fingerprint density at radius 1 is 1.18 bits per heavy atom. The van der Waals surface area contributed by atoms with Crippen molar-refractivity contribution < 1.29 is 9.53 Å². The number of ether oxygens (including phenoxy) is 1. The van der Waals surface area contributed by atoms with E-state index in [1.807, 2.05) is 42.3 Å². The van der Waals surface area contributed by atoms with Gasteiger partial charge in [0.15, 0.2) is 0 Å². The fraction of sp³-hybridized carbons (Fsp3) is 0.308. The molecular formula is C26H26ClN9O2. The second-order valence-electron chi connectivity index (χ2n) is 9.41. The molecule has 194 valence electrons. The van der Waals surface area contributed by atoms with Gasteiger partial charge in [-0.05, 0) is 66.8 Å². The van der Waals surface area contributed by atoms with Gasteiger partial charge in [0.1, 0.15) is 0 Å². The van der Waals surface area contributed by atoms with Gasteiger partial charge in [0, 0.05) is 43.8 Å². The Morgan fingerprint density at radius 2 is 2.05 bits per heavy atom. The second kappa shape index (κ2) is 9.99. The van der Waals surface area contributed by atoms with E-state index < -0.39 is 0 Å². The van der Waals surface area contributed by atoms with Gasteiger partial charge in [-0.25, -0.2) is 4.52 Å². The van der Waals surface area contributed by atoms with E-state index in [0.29, 0.717) is 40.3 Å². The number of hydrogen-bond acceptors (Lipinski definition) is 7. The first kappa shape index (κ1) is 24.3. The average molecular weight is 532 g/mol. The molecule has 11 nitrogen and oxygen atoms in total. The molecule has 4 heterocycles. The molecule has 0 spiro atoms. The number of rotatable bonds is 9. The number of aromatic nitrogens is 8. The molecule has 12 heteroatoms. The Hall–Kier alpha value is -4.09. The maximum atomic E-state index is 13.4. The van der Waals surface area contributed by atoms with E-state index in [1.54, 1.807) is 34.8 Å². The van der Waals surface area contributed by atoms with E-state index in [2.05, 4.69) is 30.9 Å². The normalized spacial score (nSPS) is 13.3. The van der Waals surface area contributed by atoms with Crippen LogP contribution in [0.2, 0.25) is 5.02 Å². The van der Waals surface area contributed by atoms with Crippen molar-refractivity contribution in [3.05, 3.63) is 65.2 Å². The quantitative estimate of drug-likeness (QED) is 0.279. The first-order valence-corrected chi connectivity index (χ1v) is 12.8. The molecule has 1 fully saturated rings. The van der Waals surface area contributed by atoms with Gasteiger partial charge in [0.2, 0.25) is 5.82 Å². The molecule has 0 saturated heterocycles. The van der Waals surface area contributed by atoms with Crippen LogP contribution in [0.5, 0.6) is 0 Å². The van der Waals surface area contributed by atoms with Gasteiger partial charge in [-0.3, -0.25) is 9.48 Å². The van der Waals surface area contributed by atoms with Gasteiger partial charge in [0.25, 0.3) is 5.91 Å². The van der Waals surface area contributed by atoms with Crippen molar-refractivity contribution in [2.45, 2.75) is 38.8 Å². The number of nitrogens with one attached hydrogen (secondary N) is 1. The third-order valence-electron chi connectivity index (χ3n) is 6.57. The highest BCUT2D eigenvalue weighted by Gasteiger charge is 2.27. The highest BCUT2D eigenvalue weighted by atomic mass is 35.5. The molecule has 1 saturated carbocycles. The van der Waals surface area contributed by atoms with Crippen LogP contribution in [0.3, 0.4) is 0 Å². The molecule has 0 atom stereocenters. The highest BCUT2D eigenvalue weighted by molar-refractivity contribution is 6.34. The molecule has 0 radical (unpaired) electrons. The largest absolute Gasteiger partial charge is 0.385 e. The van der Waals surface area contributed by atoms with Gasteiger partial charge in [-0.1, -0.05) is 11.6 Å². The minimum Gasteiger partial charge on any atom is -0.385 e. The van der Waals surface area contributed by atoms with Crippen LogP contribution < -0.4 is 5.32 Å². The molecule has 1 amide bonds. The molecule has 0 unspecified atom stereocenters. The number of benzene rings is 1. The number of pyridine rings is 1. The lowest BCUT2D eigenvalue weighted by Gasteiger charge is -2.10. The Balaban J connectivity index is 1.26. The van der Waals surface area contributed by atoms with E-state index in [4.69, 9.17) is 16.3 Å². The monoisotopic (exact) mass is 531 g/mol. The number of carbonyl (C=O) groups is 1. The van der Waals surface area contributed by atoms with Crippen LogP contribution in [-0.2, 0) is 11.3 Å². The molecule has 0 bridgehead atoms. The molecular weight excluding hydrogens is 506 g/mol. The summed E-state index contributed by atoms with van der Waals surface area (Å²) >= 11 is 6.52. The zero-order valence-corrected chi connectivity index (χ0v) is 21.8. The number of aryl methyl sites for hydroxylation is 2. The summed E-state index contributed by atoms with van der Waals surface area (Å²) in [5, 5.41) is 25.1. The Morgan fingerprint density at radius 3 is 2.87 bits per heavy atom. The number of amides is 1. The van der Waals surface area contributed by atoms with E-state index in [-0.39, 0.29) is 5.91 Å².